The topological polar surface area (TPSA) is 22.9 Å². The van der Waals surface area contributed by atoms with Gasteiger partial charge in [0, 0.05) is 27.2 Å². The molecule has 10 rings (SSSR count). The number of fused-ring (bicyclic) bond motifs is 4. The van der Waals surface area contributed by atoms with Gasteiger partial charge >= 0.3 is 6.92 Å². The van der Waals surface area contributed by atoms with E-state index in [1.807, 2.05) is 11.3 Å². The second-order valence-corrected chi connectivity index (χ2v) is 32.2. The number of aryl methyl sites for hydroxylation is 2. The maximum Gasteiger partial charge on any atom is 0.330 e. The van der Waals surface area contributed by atoms with Crippen molar-refractivity contribution >= 4 is 40.0 Å². The zero-order valence-corrected chi connectivity index (χ0v) is 63.9. The molecule has 504 valence electrons. The third-order valence-electron chi connectivity index (χ3n) is 19.0. The maximum atomic E-state index is 6.27. The fraction of sp³-hybridized carbons (Fsp3) is 0.540. The lowest BCUT2D eigenvalue weighted by Crippen LogP contribution is -2.37. The van der Waals surface area contributed by atoms with Crippen molar-refractivity contribution in [3.05, 3.63) is 210 Å². The number of aromatic nitrogens is 1. The zero-order chi connectivity index (χ0) is 68.3. The van der Waals surface area contributed by atoms with Crippen molar-refractivity contribution in [1.29, 1.82) is 0 Å². The molecule has 5 heterocycles. The highest BCUT2D eigenvalue weighted by Gasteiger charge is 2.45. The first kappa shape index (κ1) is 79.2. The molecule has 5 heteroatoms. The van der Waals surface area contributed by atoms with Gasteiger partial charge in [0.25, 0.3) is 0 Å². The number of nitrogens with zero attached hydrogens (tertiary/aromatic N) is 1. The number of thiophene rings is 1. The van der Waals surface area contributed by atoms with Crippen LogP contribution in [0.5, 0.6) is 0 Å². The van der Waals surface area contributed by atoms with Crippen molar-refractivity contribution in [2.75, 3.05) is 0 Å². The third kappa shape index (κ3) is 19.3. The summed E-state index contributed by atoms with van der Waals surface area (Å²) in [6.07, 6.45) is 2.16. The molecule has 0 spiro atoms. The molecule has 0 amide bonds. The fourth-order valence-electron chi connectivity index (χ4n) is 13.6. The quantitative estimate of drug-likeness (QED) is 0.107. The molecule has 0 bridgehead atoms. The van der Waals surface area contributed by atoms with Gasteiger partial charge in [0.15, 0.2) is 0 Å². The van der Waals surface area contributed by atoms with Gasteiger partial charge in [-0.15, -0.1) is 11.3 Å². The molecule has 5 aromatic carbocycles. The molecule has 2 aliphatic rings. The summed E-state index contributed by atoms with van der Waals surface area (Å²) in [6, 6.07) is 45.2. The van der Waals surface area contributed by atoms with Gasteiger partial charge in [-0.25, -0.2) is 0 Å². The summed E-state index contributed by atoms with van der Waals surface area (Å²) in [7, 11) is 0. The van der Waals surface area contributed by atoms with Crippen molar-refractivity contribution < 1.29 is 9.39 Å². The molecular weight excluding hydrogens is 1130 g/mol. The second-order valence-electron chi connectivity index (χ2n) is 31.1. The Bertz CT molecular complexity index is 3460. The first-order valence-corrected chi connectivity index (χ1v) is 36.2. The van der Waals surface area contributed by atoms with E-state index >= 15 is 0 Å². The van der Waals surface area contributed by atoms with Crippen LogP contribution in [0.2, 0.25) is 5.82 Å². The molecule has 0 saturated carbocycles. The predicted molar refractivity (Wildman–Crippen MR) is 413 cm³/mol. The van der Waals surface area contributed by atoms with Crippen LogP contribution in [-0.2, 0) is 27.2 Å². The summed E-state index contributed by atoms with van der Waals surface area (Å²) < 4.78 is 14.8. The largest absolute Gasteiger partial charge is 0.422 e. The Morgan fingerprint density at radius 2 is 0.913 bits per heavy atom. The van der Waals surface area contributed by atoms with Gasteiger partial charge in [0.2, 0.25) is 0 Å². The molecule has 92 heavy (non-hydrogen) atoms. The van der Waals surface area contributed by atoms with Gasteiger partial charge in [-0.2, -0.15) is 0 Å². The molecule has 0 saturated heterocycles. The average Bonchev–Trinajstić information content (AvgIpc) is 1.58. The molecule has 0 N–H and O–H groups in total. The van der Waals surface area contributed by atoms with E-state index in [9.17, 15) is 0 Å². The number of ether oxygens (including phenoxy) is 1. The molecule has 3 aromatic heterocycles. The van der Waals surface area contributed by atoms with Crippen LogP contribution < -0.4 is 5.46 Å². The highest BCUT2D eigenvalue weighted by molar-refractivity contribution is 7.12. The van der Waals surface area contributed by atoms with Crippen molar-refractivity contribution in [1.82, 2.24) is 4.40 Å². The number of pyridine rings is 1. The molecular formula is C87H130BNO2S. The minimum absolute atomic E-state index is 0. The van der Waals surface area contributed by atoms with E-state index in [-0.39, 0.29) is 25.5 Å². The van der Waals surface area contributed by atoms with E-state index < -0.39 is 0 Å². The predicted octanol–water partition coefficient (Wildman–Crippen LogP) is 27.0. The van der Waals surface area contributed by atoms with Crippen molar-refractivity contribution in [2.24, 2.45) is 11.8 Å². The number of benzene rings is 5. The number of hydrogen-bond acceptors (Lipinski definition) is 3. The van der Waals surface area contributed by atoms with Crippen LogP contribution in [0.3, 0.4) is 0 Å². The first-order chi connectivity index (χ1) is 42.5. The summed E-state index contributed by atoms with van der Waals surface area (Å²) in [5, 5.41) is 2.84. The Balaban J connectivity index is 0.000000236. The zero-order valence-electron chi connectivity index (χ0n) is 63.1. The number of rotatable bonds is 13. The van der Waals surface area contributed by atoms with E-state index in [1.54, 1.807) is 4.88 Å². The SMILES string of the molecule is C.CC(C)B1OC(C)(C)c2cc(C(C)C)ccc21.CC(C)c1ccc(C(C)C)c2ccccc12.CC(C)c1ccc(C(C)C)n2cccc12.CC(C)c1ccc2c(c1)COC2(C(C)C)C(C)C.Cc1cc(C(C)C)ccc1C(C)C.Cc1cc(C(C)C)sc1C(C)C. The monoisotopic (exact) mass is 1260 g/mol. The molecule has 0 aliphatic carbocycles. The van der Waals surface area contributed by atoms with Gasteiger partial charge in [-0.1, -0.05) is 285 Å². The smallest absolute Gasteiger partial charge is 0.330 e. The van der Waals surface area contributed by atoms with Crippen LogP contribution in [0, 0.1) is 25.7 Å². The van der Waals surface area contributed by atoms with E-state index in [0.29, 0.717) is 76.8 Å². The van der Waals surface area contributed by atoms with Crippen LogP contribution >= 0.6 is 11.3 Å². The van der Waals surface area contributed by atoms with Crippen LogP contribution in [0.15, 0.2) is 128 Å². The standard InChI is InChI=1S/C17H26O.C16H20.C15H23BO.C14H19N.C13H20.C11H18S.CH4/c1-11(2)14-7-8-16-15(9-14)10-18-17(16,12(3)4)13(5)6;1-11(2)13-9-10-14(12(3)4)16-8-6-5-7-15(13)16;1-10(2)12-7-8-14-13(9-12)15(5,6)17-16(14)11(3)4;1-10(2)12-7-8-13(11(3)4)15-9-5-6-14(12)15;1-9(2)12-6-7-13(10(3)4)11(5)8-12;1-7(2)10-6-9(5)11(12-10)8(3)4;/h7-9,11-13H,10H2,1-6H3;5-12H,1-4H3;7-11H,1-6H3;5-11H,1-4H3;6-10H,1-5H3;6-8H,1-5H3;1H4. The third-order valence-corrected chi connectivity index (χ3v) is 20.8. The fourth-order valence-corrected chi connectivity index (χ4v) is 14.8. The van der Waals surface area contributed by atoms with Gasteiger partial charge in [-0.05, 0) is 212 Å². The van der Waals surface area contributed by atoms with E-state index in [0.717, 1.165) is 6.61 Å². The lowest BCUT2D eigenvalue weighted by atomic mass is 9.52. The Morgan fingerprint density at radius 3 is 1.35 bits per heavy atom. The highest BCUT2D eigenvalue weighted by atomic mass is 32.1. The van der Waals surface area contributed by atoms with Gasteiger partial charge in [0.1, 0.15) is 0 Å². The lowest BCUT2D eigenvalue weighted by Gasteiger charge is -2.38. The maximum absolute atomic E-state index is 6.27. The summed E-state index contributed by atoms with van der Waals surface area (Å²) in [5.74, 6) is 7.68. The molecule has 0 atom stereocenters. The minimum Gasteiger partial charge on any atom is -0.422 e. The normalized spacial score (nSPS) is 13.9. The summed E-state index contributed by atoms with van der Waals surface area (Å²) in [6.45, 7) is 68.4. The van der Waals surface area contributed by atoms with Crippen molar-refractivity contribution in [2.45, 2.75) is 298 Å². The van der Waals surface area contributed by atoms with Gasteiger partial charge in [0.05, 0.1) is 17.8 Å². The van der Waals surface area contributed by atoms with E-state index in [4.69, 9.17) is 9.39 Å². The van der Waals surface area contributed by atoms with Crippen molar-refractivity contribution in [3.8, 4) is 0 Å². The van der Waals surface area contributed by atoms with E-state index in [1.165, 1.54) is 99.1 Å². The Kier molecular flexibility index (Phi) is 29.7. The molecule has 0 unspecified atom stereocenters. The van der Waals surface area contributed by atoms with E-state index in [2.05, 4.69) is 340 Å². The molecule has 2 aliphatic heterocycles. The minimum atomic E-state index is -0.144. The molecule has 0 radical (unpaired) electrons. The summed E-state index contributed by atoms with van der Waals surface area (Å²) >= 11 is 1.98. The number of hydrogen-bond donors (Lipinski definition) is 0. The first-order valence-electron chi connectivity index (χ1n) is 35.4. The Morgan fingerprint density at radius 1 is 0.435 bits per heavy atom. The lowest BCUT2D eigenvalue weighted by molar-refractivity contribution is -0.106. The van der Waals surface area contributed by atoms with Gasteiger partial charge < -0.3 is 13.8 Å². The Hall–Kier alpha value is -5.20. The molecule has 8 aromatic rings. The summed E-state index contributed by atoms with van der Waals surface area (Å²) in [5.41, 5.74) is 21.1. The summed E-state index contributed by atoms with van der Waals surface area (Å²) in [4.78, 5) is 3.08. The van der Waals surface area contributed by atoms with Crippen molar-refractivity contribution in [3.63, 3.8) is 0 Å². The second kappa shape index (κ2) is 34.5. The highest BCUT2D eigenvalue weighted by Crippen LogP contribution is 2.48. The van der Waals surface area contributed by atoms with Crippen LogP contribution in [0.1, 0.15) is 343 Å². The average molecular weight is 1260 g/mol. The van der Waals surface area contributed by atoms with Crippen LogP contribution in [0.25, 0.3) is 16.3 Å². The van der Waals surface area contributed by atoms with Crippen LogP contribution in [-0.4, -0.2) is 11.3 Å². The van der Waals surface area contributed by atoms with Gasteiger partial charge in [-0.3, -0.25) is 0 Å². The van der Waals surface area contributed by atoms with Crippen LogP contribution in [0.4, 0.5) is 0 Å². The molecule has 3 nitrogen and oxygen atoms in total. The Labute approximate surface area is 569 Å². The molecule has 0 fully saturated rings.